The molecule has 0 amide bonds. The summed E-state index contributed by atoms with van der Waals surface area (Å²) in [5.74, 6) is 0.526. The van der Waals surface area contributed by atoms with Crippen LogP contribution in [0.4, 0.5) is 4.39 Å². The second-order valence-electron chi connectivity index (χ2n) is 12.0. The number of ether oxygens (including phenoxy) is 2. The Bertz CT molecular complexity index is 1640. The Kier molecular flexibility index (Phi) is 7.58. The first kappa shape index (κ1) is 27.3. The van der Waals surface area contributed by atoms with Crippen molar-refractivity contribution in [2.75, 3.05) is 45.9 Å². The van der Waals surface area contributed by atoms with Gasteiger partial charge in [-0.2, -0.15) is 0 Å². The molecule has 3 aromatic heterocycles. The number of halogens is 1. The van der Waals surface area contributed by atoms with E-state index in [1.165, 1.54) is 44.8 Å². The molecule has 1 aromatic carbocycles. The van der Waals surface area contributed by atoms with Crippen LogP contribution in [0.15, 0.2) is 35.4 Å². The van der Waals surface area contributed by atoms with Gasteiger partial charge in [-0.15, -0.1) is 0 Å². The van der Waals surface area contributed by atoms with Crippen molar-refractivity contribution in [2.45, 2.75) is 57.6 Å². The quantitative estimate of drug-likeness (QED) is 0.285. The molecule has 42 heavy (non-hydrogen) atoms. The van der Waals surface area contributed by atoms with Crippen molar-refractivity contribution < 1.29 is 13.9 Å². The van der Waals surface area contributed by atoms with Gasteiger partial charge >= 0.3 is 5.69 Å². The highest BCUT2D eigenvalue weighted by atomic mass is 19.1. The molecular formula is C32H39FN6O3. The van der Waals surface area contributed by atoms with Gasteiger partial charge in [0.15, 0.2) is 0 Å². The second kappa shape index (κ2) is 11.6. The zero-order chi connectivity index (χ0) is 28.6. The van der Waals surface area contributed by atoms with Crippen LogP contribution in [-0.2, 0) is 13.6 Å². The maximum atomic E-state index is 15.9. The van der Waals surface area contributed by atoms with Crippen LogP contribution in [0.25, 0.3) is 33.1 Å². The highest BCUT2D eigenvalue weighted by Crippen LogP contribution is 2.43. The minimum atomic E-state index is -0.426. The lowest BCUT2D eigenvalue weighted by atomic mass is 10.0. The molecule has 222 valence electrons. The first-order valence-corrected chi connectivity index (χ1v) is 15.5. The number of aryl methyl sites for hydroxylation is 1. The number of pyridine rings is 2. The Morgan fingerprint density at radius 2 is 1.76 bits per heavy atom. The van der Waals surface area contributed by atoms with E-state index < -0.39 is 5.82 Å². The van der Waals surface area contributed by atoms with Crippen LogP contribution < -0.4 is 15.2 Å². The fourth-order valence-corrected chi connectivity index (χ4v) is 6.91. The summed E-state index contributed by atoms with van der Waals surface area (Å²) in [7, 11) is 1.76. The fraction of sp³-hybridized carbons (Fsp3) is 0.531. The first-order valence-electron chi connectivity index (χ1n) is 15.5. The predicted octanol–water partition coefficient (Wildman–Crippen LogP) is 4.59. The molecule has 0 bridgehead atoms. The number of likely N-dealkylation sites (tertiary alicyclic amines) is 2. The summed E-state index contributed by atoms with van der Waals surface area (Å²) in [4.78, 5) is 27.3. The van der Waals surface area contributed by atoms with Crippen molar-refractivity contribution in [3.8, 4) is 22.8 Å². The van der Waals surface area contributed by atoms with Crippen molar-refractivity contribution >= 4 is 21.9 Å². The van der Waals surface area contributed by atoms with Gasteiger partial charge in [-0.1, -0.05) is 12.8 Å². The molecule has 0 N–H and O–H groups in total. The normalized spacial score (nSPS) is 19.8. The molecule has 0 saturated carbocycles. The molecule has 6 heterocycles. The number of hydrogen-bond acceptors (Lipinski definition) is 7. The minimum Gasteiger partial charge on any atom is -0.486 e. The van der Waals surface area contributed by atoms with E-state index in [2.05, 4.69) is 19.8 Å². The van der Waals surface area contributed by atoms with E-state index in [1.807, 2.05) is 6.07 Å². The smallest absolute Gasteiger partial charge is 0.329 e. The van der Waals surface area contributed by atoms with E-state index in [4.69, 9.17) is 9.47 Å². The Labute approximate surface area is 244 Å². The summed E-state index contributed by atoms with van der Waals surface area (Å²) < 4.78 is 32.0. The van der Waals surface area contributed by atoms with Crippen molar-refractivity contribution in [3.63, 3.8) is 0 Å². The number of piperidine rings is 2. The highest BCUT2D eigenvalue weighted by molar-refractivity contribution is 6.09. The summed E-state index contributed by atoms with van der Waals surface area (Å²) >= 11 is 0. The molecule has 4 aromatic rings. The van der Waals surface area contributed by atoms with Gasteiger partial charge in [0.25, 0.3) is 0 Å². The second-order valence-corrected chi connectivity index (χ2v) is 12.0. The monoisotopic (exact) mass is 574 g/mol. The fourth-order valence-electron chi connectivity index (χ4n) is 6.91. The van der Waals surface area contributed by atoms with E-state index in [-0.39, 0.29) is 11.8 Å². The lowest BCUT2D eigenvalue weighted by Crippen LogP contribution is -2.41. The Balaban J connectivity index is 1.21. The van der Waals surface area contributed by atoms with E-state index in [0.29, 0.717) is 58.9 Å². The molecule has 2 saturated heterocycles. The number of rotatable bonds is 8. The third-order valence-corrected chi connectivity index (χ3v) is 9.09. The van der Waals surface area contributed by atoms with E-state index in [0.717, 1.165) is 44.4 Å². The van der Waals surface area contributed by atoms with E-state index in [1.54, 1.807) is 34.6 Å². The lowest BCUT2D eigenvalue weighted by Gasteiger charge is -2.30. The summed E-state index contributed by atoms with van der Waals surface area (Å²) in [6.45, 7) is 7.05. The zero-order valence-electron chi connectivity index (χ0n) is 24.4. The topological polar surface area (TPSA) is 77.7 Å². The molecule has 0 radical (unpaired) electrons. The van der Waals surface area contributed by atoms with Gasteiger partial charge in [0, 0.05) is 44.0 Å². The number of imidazole rings is 1. The average molecular weight is 575 g/mol. The molecule has 3 aliphatic heterocycles. The molecule has 1 atom stereocenters. The maximum Gasteiger partial charge on any atom is 0.329 e. The molecule has 7 rings (SSSR count). The zero-order valence-corrected chi connectivity index (χ0v) is 24.4. The Hall–Kier alpha value is -3.50. The van der Waals surface area contributed by atoms with Gasteiger partial charge in [-0.05, 0) is 64.3 Å². The summed E-state index contributed by atoms with van der Waals surface area (Å²) in [6.07, 6.45) is 11.4. The van der Waals surface area contributed by atoms with Gasteiger partial charge in [0.2, 0.25) is 5.88 Å². The minimum absolute atomic E-state index is 0.117. The third kappa shape index (κ3) is 5.15. The largest absolute Gasteiger partial charge is 0.486 e. The summed E-state index contributed by atoms with van der Waals surface area (Å²) in [6, 6.07) is 5.08. The average Bonchev–Trinajstić information content (AvgIpc) is 3.14. The third-order valence-electron chi connectivity index (χ3n) is 9.09. The molecule has 0 spiro atoms. The lowest BCUT2D eigenvalue weighted by molar-refractivity contribution is 0.109. The Morgan fingerprint density at radius 3 is 2.50 bits per heavy atom. The van der Waals surface area contributed by atoms with Crippen molar-refractivity contribution in [1.82, 2.24) is 28.9 Å². The van der Waals surface area contributed by atoms with E-state index in [9.17, 15) is 4.79 Å². The van der Waals surface area contributed by atoms with Crippen molar-refractivity contribution in [3.05, 3.63) is 46.9 Å². The van der Waals surface area contributed by atoms with Crippen LogP contribution in [0, 0.1) is 5.82 Å². The van der Waals surface area contributed by atoms with Gasteiger partial charge in [0.1, 0.15) is 17.7 Å². The van der Waals surface area contributed by atoms with Crippen molar-refractivity contribution in [2.24, 2.45) is 7.05 Å². The van der Waals surface area contributed by atoms with Crippen LogP contribution in [0.2, 0.25) is 0 Å². The SMILES string of the molecule is Cn1c(=O)n2c3c4c(c(-c5ccc(OCCCN6CCCCC6)nc5)c(F)cc4ncc31)O[C@@H](CN1CCCCC1)C2. The number of nitrogens with zero attached hydrogens (tertiary/aromatic N) is 6. The molecular weight excluding hydrogens is 535 g/mol. The van der Waals surface area contributed by atoms with Crippen LogP contribution in [0.3, 0.4) is 0 Å². The van der Waals surface area contributed by atoms with E-state index >= 15 is 4.39 Å². The van der Waals surface area contributed by atoms with Gasteiger partial charge in [0.05, 0.1) is 46.8 Å². The van der Waals surface area contributed by atoms with Crippen LogP contribution in [0.5, 0.6) is 11.6 Å². The van der Waals surface area contributed by atoms with Gasteiger partial charge in [-0.25, -0.2) is 14.2 Å². The summed E-state index contributed by atoms with van der Waals surface area (Å²) in [5, 5.41) is 0.667. The molecule has 2 fully saturated rings. The molecule has 9 nitrogen and oxygen atoms in total. The molecule has 0 aliphatic carbocycles. The standard InChI is InChI=1S/C32H39FN6O3/c1-36-26-19-34-25-17-24(33)28(22-9-10-27(35-18-22)41-16-8-15-37-11-4-2-5-12-37)31-29(25)30(26)39(32(36)40)21-23(42-31)20-38-13-6-3-7-14-38/h9-10,17-19,23H,2-8,11-16,20-21H2,1H3/t23-/m0/s1. The van der Waals surface area contributed by atoms with Crippen molar-refractivity contribution in [1.29, 1.82) is 0 Å². The highest BCUT2D eigenvalue weighted by Gasteiger charge is 2.31. The molecule has 10 heteroatoms. The van der Waals surface area contributed by atoms with Gasteiger partial charge in [-0.3, -0.25) is 19.0 Å². The molecule has 0 unspecified atom stereocenters. The summed E-state index contributed by atoms with van der Waals surface area (Å²) in [5.41, 5.74) is 2.75. The van der Waals surface area contributed by atoms with Crippen LogP contribution >= 0.6 is 0 Å². The predicted molar refractivity (Wildman–Crippen MR) is 161 cm³/mol. The maximum absolute atomic E-state index is 15.9. The van der Waals surface area contributed by atoms with Crippen LogP contribution in [0.1, 0.15) is 44.9 Å². The number of hydrogen-bond donors (Lipinski definition) is 0. The van der Waals surface area contributed by atoms with Crippen LogP contribution in [-0.4, -0.2) is 80.9 Å². The number of aromatic nitrogens is 4. The number of benzene rings is 1. The van der Waals surface area contributed by atoms with Gasteiger partial charge < -0.3 is 14.4 Å². The molecule has 3 aliphatic rings. The first-order chi connectivity index (χ1) is 20.6. The Morgan fingerprint density at radius 1 is 1.00 bits per heavy atom.